The second-order valence-electron chi connectivity index (χ2n) is 5.05. The van der Waals surface area contributed by atoms with Crippen LogP contribution in [0.4, 0.5) is 0 Å². The molecule has 0 spiro atoms. The SMILES string of the molecule is COC(=O)c1cccc(COc2ccc(C(C)=O)c(C(=O)O)c2)c1. The number of hydrogen-bond donors (Lipinski definition) is 1. The number of methoxy groups -OCH3 is 1. The van der Waals surface area contributed by atoms with Crippen LogP contribution in [0.1, 0.15) is 43.6 Å². The van der Waals surface area contributed by atoms with Gasteiger partial charge in [-0.25, -0.2) is 9.59 Å². The quantitative estimate of drug-likeness (QED) is 0.648. The summed E-state index contributed by atoms with van der Waals surface area (Å²) in [5.74, 6) is -1.65. The van der Waals surface area contributed by atoms with Gasteiger partial charge in [0.1, 0.15) is 12.4 Å². The molecule has 124 valence electrons. The molecular formula is C18H16O6. The predicted octanol–water partition coefficient (Wildman–Crippen LogP) is 2.95. The van der Waals surface area contributed by atoms with Crippen molar-refractivity contribution in [3.05, 3.63) is 64.7 Å². The van der Waals surface area contributed by atoms with E-state index in [4.69, 9.17) is 4.74 Å². The van der Waals surface area contributed by atoms with Gasteiger partial charge in [-0.15, -0.1) is 0 Å². The number of carboxylic acids is 1. The van der Waals surface area contributed by atoms with Gasteiger partial charge >= 0.3 is 11.9 Å². The smallest absolute Gasteiger partial charge is 0.337 e. The first-order valence-electron chi connectivity index (χ1n) is 7.10. The first kappa shape index (κ1) is 17.2. The molecule has 0 bridgehead atoms. The summed E-state index contributed by atoms with van der Waals surface area (Å²) in [6, 6.07) is 11.0. The van der Waals surface area contributed by atoms with Crippen LogP contribution in [-0.2, 0) is 11.3 Å². The van der Waals surface area contributed by atoms with E-state index in [9.17, 15) is 19.5 Å². The molecule has 0 amide bonds. The third-order valence-corrected chi connectivity index (χ3v) is 3.35. The Morgan fingerprint density at radius 3 is 2.42 bits per heavy atom. The Bertz CT molecular complexity index is 794. The van der Waals surface area contributed by atoms with Crippen LogP contribution in [0.25, 0.3) is 0 Å². The Kier molecular flexibility index (Phi) is 5.31. The van der Waals surface area contributed by atoms with Crippen molar-refractivity contribution < 1.29 is 29.0 Å². The summed E-state index contributed by atoms with van der Waals surface area (Å²) < 4.78 is 10.2. The minimum atomic E-state index is -1.20. The van der Waals surface area contributed by atoms with E-state index in [-0.39, 0.29) is 23.5 Å². The Labute approximate surface area is 138 Å². The van der Waals surface area contributed by atoms with Crippen LogP contribution in [0, 0.1) is 0 Å². The van der Waals surface area contributed by atoms with E-state index >= 15 is 0 Å². The van der Waals surface area contributed by atoms with E-state index in [1.165, 1.54) is 32.2 Å². The maximum absolute atomic E-state index is 11.5. The maximum atomic E-state index is 11.5. The van der Waals surface area contributed by atoms with E-state index in [2.05, 4.69) is 4.74 Å². The summed E-state index contributed by atoms with van der Waals surface area (Å²) in [5.41, 5.74) is 1.15. The number of ether oxygens (including phenoxy) is 2. The molecule has 0 heterocycles. The van der Waals surface area contributed by atoms with Gasteiger partial charge in [-0.05, 0) is 42.8 Å². The average Bonchev–Trinajstić information content (AvgIpc) is 2.59. The predicted molar refractivity (Wildman–Crippen MR) is 85.5 cm³/mol. The Hall–Kier alpha value is -3.15. The van der Waals surface area contributed by atoms with Gasteiger partial charge in [0, 0.05) is 5.56 Å². The van der Waals surface area contributed by atoms with Crippen molar-refractivity contribution in [2.45, 2.75) is 13.5 Å². The topological polar surface area (TPSA) is 89.9 Å². The van der Waals surface area contributed by atoms with Gasteiger partial charge in [-0.3, -0.25) is 4.79 Å². The summed E-state index contributed by atoms with van der Waals surface area (Å²) >= 11 is 0. The standard InChI is InChI=1S/C18H16O6/c1-11(19)15-7-6-14(9-16(15)17(20)21)24-10-12-4-3-5-13(8-12)18(22)23-2/h3-9H,10H2,1-2H3,(H,20,21). The number of carbonyl (C=O) groups is 3. The molecule has 0 saturated carbocycles. The van der Waals surface area contributed by atoms with Crippen molar-refractivity contribution in [1.82, 2.24) is 0 Å². The van der Waals surface area contributed by atoms with Crippen molar-refractivity contribution in [1.29, 1.82) is 0 Å². The highest BCUT2D eigenvalue weighted by Gasteiger charge is 2.15. The maximum Gasteiger partial charge on any atom is 0.337 e. The molecule has 6 nitrogen and oxygen atoms in total. The van der Waals surface area contributed by atoms with Gasteiger partial charge in [0.15, 0.2) is 5.78 Å². The van der Waals surface area contributed by atoms with Crippen molar-refractivity contribution in [2.24, 2.45) is 0 Å². The second kappa shape index (κ2) is 7.41. The lowest BCUT2D eigenvalue weighted by Crippen LogP contribution is -2.07. The van der Waals surface area contributed by atoms with Gasteiger partial charge in [-0.1, -0.05) is 12.1 Å². The number of aromatic carboxylic acids is 1. The number of carboxylic acid groups (broad SMARTS) is 1. The van der Waals surface area contributed by atoms with Crippen molar-refractivity contribution in [2.75, 3.05) is 7.11 Å². The van der Waals surface area contributed by atoms with E-state index in [1.54, 1.807) is 24.3 Å². The zero-order chi connectivity index (χ0) is 17.7. The third kappa shape index (κ3) is 3.98. The minimum Gasteiger partial charge on any atom is -0.489 e. The number of esters is 1. The lowest BCUT2D eigenvalue weighted by Gasteiger charge is -2.10. The van der Waals surface area contributed by atoms with E-state index in [0.29, 0.717) is 11.3 Å². The van der Waals surface area contributed by atoms with Crippen LogP contribution < -0.4 is 4.74 Å². The Balaban J connectivity index is 2.18. The van der Waals surface area contributed by atoms with Crippen LogP contribution >= 0.6 is 0 Å². The average molecular weight is 328 g/mol. The first-order chi connectivity index (χ1) is 11.4. The molecule has 2 aromatic rings. The van der Waals surface area contributed by atoms with Crippen molar-refractivity contribution >= 4 is 17.7 Å². The number of ketones is 1. The van der Waals surface area contributed by atoms with Crippen LogP contribution in [0.15, 0.2) is 42.5 Å². The molecule has 0 fully saturated rings. The molecule has 24 heavy (non-hydrogen) atoms. The molecule has 2 aromatic carbocycles. The summed E-state index contributed by atoms with van der Waals surface area (Å²) in [5, 5.41) is 9.19. The first-order valence-corrected chi connectivity index (χ1v) is 7.10. The third-order valence-electron chi connectivity index (χ3n) is 3.35. The fraction of sp³-hybridized carbons (Fsp3) is 0.167. The normalized spacial score (nSPS) is 10.1. The number of Topliss-reactive ketones (excluding diaryl/α,β-unsaturated/α-hetero) is 1. The lowest BCUT2D eigenvalue weighted by molar-refractivity contribution is 0.0599. The highest BCUT2D eigenvalue weighted by atomic mass is 16.5. The van der Waals surface area contributed by atoms with Crippen molar-refractivity contribution in [3.8, 4) is 5.75 Å². The molecule has 0 aromatic heterocycles. The monoisotopic (exact) mass is 328 g/mol. The summed E-state index contributed by atoms with van der Waals surface area (Å²) in [6.45, 7) is 1.45. The summed E-state index contributed by atoms with van der Waals surface area (Å²) in [4.78, 5) is 34.2. The summed E-state index contributed by atoms with van der Waals surface area (Å²) in [7, 11) is 1.30. The second-order valence-corrected chi connectivity index (χ2v) is 5.05. The zero-order valence-electron chi connectivity index (χ0n) is 13.2. The Morgan fingerprint density at radius 1 is 1.04 bits per heavy atom. The van der Waals surface area contributed by atoms with Crippen LogP contribution in [-0.4, -0.2) is 29.9 Å². The molecule has 0 aliphatic carbocycles. The highest BCUT2D eigenvalue weighted by Crippen LogP contribution is 2.20. The fourth-order valence-corrected chi connectivity index (χ4v) is 2.17. The van der Waals surface area contributed by atoms with Crippen molar-refractivity contribution in [3.63, 3.8) is 0 Å². The molecule has 6 heteroatoms. The molecule has 0 aliphatic heterocycles. The largest absolute Gasteiger partial charge is 0.489 e. The van der Waals surface area contributed by atoms with Gasteiger partial charge < -0.3 is 14.6 Å². The zero-order valence-corrected chi connectivity index (χ0v) is 13.2. The molecule has 1 N–H and O–H groups in total. The molecule has 2 rings (SSSR count). The molecular weight excluding hydrogens is 312 g/mol. The van der Waals surface area contributed by atoms with Crippen LogP contribution in [0.2, 0.25) is 0 Å². The Morgan fingerprint density at radius 2 is 1.79 bits per heavy atom. The van der Waals surface area contributed by atoms with E-state index < -0.39 is 11.9 Å². The number of carbonyl (C=O) groups excluding carboxylic acids is 2. The highest BCUT2D eigenvalue weighted by molar-refractivity contribution is 6.05. The van der Waals surface area contributed by atoms with Crippen LogP contribution in [0.3, 0.4) is 0 Å². The number of benzene rings is 2. The van der Waals surface area contributed by atoms with Gasteiger partial charge in [0.25, 0.3) is 0 Å². The fourth-order valence-electron chi connectivity index (χ4n) is 2.17. The summed E-state index contributed by atoms with van der Waals surface area (Å²) in [6.07, 6.45) is 0. The molecule has 0 unspecified atom stereocenters. The van der Waals surface area contributed by atoms with Gasteiger partial charge in [0.2, 0.25) is 0 Å². The van der Waals surface area contributed by atoms with E-state index in [0.717, 1.165) is 5.56 Å². The number of rotatable bonds is 6. The molecule has 0 atom stereocenters. The molecule has 0 aliphatic rings. The lowest BCUT2D eigenvalue weighted by atomic mass is 10.0. The molecule has 0 saturated heterocycles. The minimum absolute atomic E-state index is 0.108. The van der Waals surface area contributed by atoms with Crippen LogP contribution in [0.5, 0.6) is 5.75 Å². The number of hydrogen-bond acceptors (Lipinski definition) is 5. The van der Waals surface area contributed by atoms with E-state index in [1.807, 2.05) is 0 Å². The van der Waals surface area contributed by atoms with Gasteiger partial charge in [-0.2, -0.15) is 0 Å². The van der Waals surface area contributed by atoms with Gasteiger partial charge in [0.05, 0.1) is 18.2 Å². The molecule has 0 radical (unpaired) electrons.